The van der Waals surface area contributed by atoms with Crippen molar-refractivity contribution in [1.29, 1.82) is 0 Å². The van der Waals surface area contributed by atoms with Crippen molar-refractivity contribution in [2.24, 2.45) is 0 Å². The Balaban J connectivity index is 2.29. The number of aliphatic hydroxyl groups excluding tert-OH is 1. The summed E-state index contributed by atoms with van der Waals surface area (Å²) < 4.78 is 15.9. The van der Waals surface area contributed by atoms with Crippen LogP contribution in [0.3, 0.4) is 0 Å². The standard InChI is InChI=1S/C17H25NO6/c1-22-13-6-5-12(14(23-2)15(13)24-3)16(20)18-9-4-7-17(21,11-19)8-10-18/h5-6,19,21H,4,7-11H2,1-3H3/t17-/m1/s1. The lowest BCUT2D eigenvalue weighted by Crippen LogP contribution is -2.36. The summed E-state index contributed by atoms with van der Waals surface area (Å²) in [4.78, 5) is 14.6. The summed E-state index contributed by atoms with van der Waals surface area (Å²) in [5.74, 6) is 0.975. The molecule has 24 heavy (non-hydrogen) atoms. The third-order valence-corrected chi connectivity index (χ3v) is 4.43. The predicted octanol–water partition coefficient (Wildman–Crippen LogP) is 1.06. The van der Waals surface area contributed by atoms with Crippen LogP contribution in [0.15, 0.2) is 12.1 Å². The van der Waals surface area contributed by atoms with E-state index in [0.717, 1.165) is 0 Å². The third kappa shape index (κ3) is 3.57. The molecule has 1 atom stereocenters. The molecule has 2 N–H and O–H groups in total. The van der Waals surface area contributed by atoms with E-state index in [4.69, 9.17) is 14.2 Å². The number of aliphatic hydroxyl groups is 2. The number of benzene rings is 1. The minimum absolute atomic E-state index is 0.199. The van der Waals surface area contributed by atoms with Crippen LogP contribution < -0.4 is 14.2 Å². The van der Waals surface area contributed by atoms with Gasteiger partial charge >= 0.3 is 0 Å². The molecule has 1 aromatic carbocycles. The van der Waals surface area contributed by atoms with Crippen LogP contribution in [0.4, 0.5) is 0 Å². The molecule has 0 aliphatic carbocycles. The Bertz CT molecular complexity index is 591. The Kier molecular flexibility index (Phi) is 5.90. The molecule has 7 heteroatoms. The maximum absolute atomic E-state index is 12.9. The van der Waals surface area contributed by atoms with E-state index in [2.05, 4.69) is 0 Å². The van der Waals surface area contributed by atoms with Crippen molar-refractivity contribution in [3.8, 4) is 17.2 Å². The number of nitrogens with zero attached hydrogens (tertiary/aromatic N) is 1. The van der Waals surface area contributed by atoms with E-state index in [1.54, 1.807) is 17.0 Å². The molecule has 0 saturated carbocycles. The fourth-order valence-electron chi connectivity index (χ4n) is 2.98. The maximum Gasteiger partial charge on any atom is 0.257 e. The van der Waals surface area contributed by atoms with Gasteiger partial charge in [0.25, 0.3) is 5.91 Å². The van der Waals surface area contributed by atoms with Gasteiger partial charge in [-0.2, -0.15) is 0 Å². The summed E-state index contributed by atoms with van der Waals surface area (Å²) in [5, 5.41) is 19.6. The van der Waals surface area contributed by atoms with Gasteiger partial charge in [-0.3, -0.25) is 4.79 Å². The van der Waals surface area contributed by atoms with Gasteiger partial charge in [0.2, 0.25) is 5.75 Å². The Morgan fingerprint density at radius 1 is 1.12 bits per heavy atom. The van der Waals surface area contributed by atoms with E-state index in [1.165, 1.54) is 21.3 Å². The van der Waals surface area contributed by atoms with Gasteiger partial charge in [0, 0.05) is 13.1 Å². The molecule has 0 bridgehead atoms. The van der Waals surface area contributed by atoms with Gasteiger partial charge in [0.1, 0.15) is 0 Å². The van der Waals surface area contributed by atoms with Gasteiger partial charge in [-0.05, 0) is 31.4 Å². The van der Waals surface area contributed by atoms with Crippen LogP contribution in [0.2, 0.25) is 0 Å². The molecule has 0 spiro atoms. The molecule has 134 valence electrons. The highest BCUT2D eigenvalue weighted by Crippen LogP contribution is 2.40. The second kappa shape index (κ2) is 7.72. The van der Waals surface area contributed by atoms with E-state index >= 15 is 0 Å². The lowest BCUT2D eigenvalue weighted by Gasteiger charge is -2.25. The predicted molar refractivity (Wildman–Crippen MR) is 87.9 cm³/mol. The van der Waals surface area contributed by atoms with Gasteiger partial charge in [-0.1, -0.05) is 0 Å². The molecule has 0 unspecified atom stereocenters. The molecule has 1 aromatic rings. The van der Waals surface area contributed by atoms with Gasteiger partial charge in [-0.25, -0.2) is 0 Å². The summed E-state index contributed by atoms with van der Waals surface area (Å²) in [6.07, 6.45) is 1.43. The molecule has 1 fully saturated rings. The first kappa shape index (κ1) is 18.4. The van der Waals surface area contributed by atoms with Gasteiger partial charge < -0.3 is 29.3 Å². The van der Waals surface area contributed by atoms with E-state index in [9.17, 15) is 15.0 Å². The second-order valence-corrected chi connectivity index (χ2v) is 5.91. The van der Waals surface area contributed by atoms with Crippen molar-refractivity contribution >= 4 is 5.91 Å². The van der Waals surface area contributed by atoms with Gasteiger partial charge in [-0.15, -0.1) is 0 Å². The van der Waals surface area contributed by atoms with Crippen LogP contribution in [-0.2, 0) is 0 Å². The van der Waals surface area contributed by atoms with Crippen molar-refractivity contribution in [2.45, 2.75) is 24.9 Å². The van der Waals surface area contributed by atoms with Crippen LogP contribution >= 0.6 is 0 Å². The Morgan fingerprint density at radius 2 is 1.83 bits per heavy atom. The molecular formula is C17H25NO6. The Hall–Kier alpha value is -1.99. The van der Waals surface area contributed by atoms with Crippen molar-refractivity contribution in [3.05, 3.63) is 17.7 Å². The van der Waals surface area contributed by atoms with Crippen LogP contribution in [0.1, 0.15) is 29.6 Å². The molecule has 7 nitrogen and oxygen atoms in total. The fourth-order valence-corrected chi connectivity index (χ4v) is 2.98. The first-order valence-corrected chi connectivity index (χ1v) is 7.91. The van der Waals surface area contributed by atoms with Crippen molar-refractivity contribution in [3.63, 3.8) is 0 Å². The van der Waals surface area contributed by atoms with Gasteiger partial charge in [0.15, 0.2) is 11.5 Å². The number of likely N-dealkylation sites (tertiary alicyclic amines) is 1. The molecule has 0 aromatic heterocycles. The van der Waals surface area contributed by atoms with Crippen LogP contribution in [-0.4, -0.2) is 67.6 Å². The van der Waals surface area contributed by atoms with E-state index in [-0.39, 0.29) is 12.5 Å². The average Bonchev–Trinajstić information content (AvgIpc) is 2.82. The highest BCUT2D eigenvalue weighted by atomic mass is 16.5. The summed E-state index contributed by atoms with van der Waals surface area (Å²) in [6.45, 7) is 0.584. The van der Waals surface area contributed by atoms with Crippen LogP contribution in [0.5, 0.6) is 17.2 Å². The highest BCUT2D eigenvalue weighted by Gasteiger charge is 2.32. The maximum atomic E-state index is 12.9. The topological polar surface area (TPSA) is 88.5 Å². The fraction of sp³-hybridized carbons (Fsp3) is 0.588. The second-order valence-electron chi connectivity index (χ2n) is 5.91. The molecule has 1 heterocycles. The zero-order valence-electron chi connectivity index (χ0n) is 14.4. The average molecular weight is 339 g/mol. The lowest BCUT2D eigenvalue weighted by molar-refractivity contribution is -0.0250. The largest absolute Gasteiger partial charge is 0.493 e. The number of amides is 1. The minimum Gasteiger partial charge on any atom is -0.493 e. The quantitative estimate of drug-likeness (QED) is 0.834. The monoisotopic (exact) mass is 339 g/mol. The number of carbonyl (C=O) groups is 1. The number of carbonyl (C=O) groups excluding carboxylic acids is 1. The molecule has 1 aliphatic rings. The number of hydrogen-bond acceptors (Lipinski definition) is 6. The molecule has 1 saturated heterocycles. The van der Waals surface area contributed by atoms with Gasteiger partial charge in [0.05, 0.1) is 39.1 Å². The van der Waals surface area contributed by atoms with E-state index in [0.29, 0.717) is 55.2 Å². The van der Waals surface area contributed by atoms with Crippen molar-refractivity contribution < 1.29 is 29.2 Å². The van der Waals surface area contributed by atoms with E-state index in [1.807, 2.05) is 0 Å². The summed E-state index contributed by atoms with van der Waals surface area (Å²) in [7, 11) is 4.48. The number of methoxy groups -OCH3 is 3. The number of rotatable bonds is 5. The lowest BCUT2D eigenvalue weighted by atomic mass is 9.96. The van der Waals surface area contributed by atoms with Crippen LogP contribution in [0.25, 0.3) is 0 Å². The minimum atomic E-state index is -1.11. The Morgan fingerprint density at radius 3 is 2.42 bits per heavy atom. The highest BCUT2D eigenvalue weighted by molar-refractivity contribution is 5.98. The molecule has 2 rings (SSSR count). The van der Waals surface area contributed by atoms with Crippen molar-refractivity contribution in [1.82, 2.24) is 4.90 Å². The molecule has 1 aliphatic heterocycles. The molecule has 0 radical (unpaired) electrons. The smallest absolute Gasteiger partial charge is 0.257 e. The number of hydrogen-bond donors (Lipinski definition) is 2. The Labute approximate surface area is 141 Å². The summed E-state index contributed by atoms with van der Waals surface area (Å²) in [6, 6.07) is 3.31. The first-order valence-electron chi connectivity index (χ1n) is 7.91. The summed E-state index contributed by atoms with van der Waals surface area (Å²) >= 11 is 0. The molecular weight excluding hydrogens is 314 g/mol. The van der Waals surface area contributed by atoms with Crippen LogP contribution in [0, 0.1) is 0 Å². The zero-order valence-corrected chi connectivity index (χ0v) is 14.4. The first-order chi connectivity index (χ1) is 11.5. The SMILES string of the molecule is COc1ccc(C(=O)N2CCC[C@](O)(CO)CC2)c(OC)c1OC. The third-order valence-electron chi connectivity index (χ3n) is 4.43. The van der Waals surface area contributed by atoms with Crippen molar-refractivity contribution in [2.75, 3.05) is 41.0 Å². The number of ether oxygens (including phenoxy) is 3. The normalized spacial score (nSPS) is 21.1. The molecule has 1 amide bonds. The van der Waals surface area contributed by atoms with E-state index < -0.39 is 5.60 Å². The zero-order chi connectivity index (χ0) is 17.7. The summed E-state index contributed by atoms with van der Waals surface area (Å²) in [5.41, 5.74) is -0.735.